The molecule has 8 heteroatoms. The molecule has 1 N–H and O–H groups in total. The zero-order valence-electron chi connectivity index (χ0n) is 18.1. The molecular formula is C25H22N4O3S. The number of benzene rings is 2. The van der Waals surface area contributed by atoms with Gasteiger partial charge in [-0.2, -0.15) is 9.78 Å². The average Bonchev–Trinajstić information content (AvgIpc) is 3.57. The van der Waals surface area contributed by atoms with Crippen LogP contribution in [0.25, 0.3) is 37.5 Å². The molecule has 6 rings (SSSR count). The molecule has 0 aliphatic heterocycles. The Bertz CT molecular complexity index is 1500. The molecule has 1 aliphatic carbocycles. The number of hydrogen-bond donors (Lipinski definition) is 1. The number of aromatic nitrogens is 4. The number of fused-ring (bicyclic) bond motifs is 2. The summed E-state index contributed by atoms with van der Waals surface area (Å²) in [7, 11) is 1.64. The van der Waals surface area contributed by atoms with Crippen molar-refractivity contribution in [1.82, 2.24) is 19.7 Å². The van der Waals surface area contributed by atoms with Crippen molar-refractivity contribution < 1.29 is 9.47 Å². The Morgan fingerprint density at radius 3 is 2.76 bits per heavy atom. The van der Waals surface area contributed by atoms with E-state index in [0.717, 1.165) is 39.6 Å². The second kappa shape index (κ2) is 8.04. The highest BCUT2D eigenvalue weighted by Crippen LogP contribution is 2.37. The zero-order chi connectivity index (χ0) is 22.4. The molecule has 1 fully saturated rings. The minimum absolute atomic E-state index is 0.200. The van der Waals surface area contributed by atoms with Crippen molar-refractivity contribution >= 4 is 32.6 Å². The van der Waals surface area contributed by atoms with Gasteiger partial charge in [-0.1, -0.05) is 29.5 Å². The summed E-state index contributed by atoms with van der Waals surface area (Å²) in [6.45, 7) is 0. The van der Waals surface area contributed by atoms with Crippen molar-refractivity contribution in [3.8, 4) is 27.8 Å². The molecule has 0 atom stereocenters. The van der Waals surface area contributed by atoms with E-state index in [1.54, 1.807) is 24.1 Å². The van der Waals surface area contributed by atoms with Crippen LogP contribution in [-0.2, 0) is 0 Å². The summed E-state index contributed by atoms with van der Waals surface area (Å²) >= 11 is 1.53. The van der Waals surface area contributed by atoms with E-state index in [9.17, 15) is 4.79 Å². The fourth-order valence-electron chi connectivity index (χ4n) is 4.48. The van der Waals surface area contributed by atoms with E-state index in [-0.39, 0.29) is 11.7 Å². The van der Waals surface area contributed by atoms with Gasteiger partial charge in [0.1, 0.15) is 5.65 Å². The topological polar surface area (TPSA) is 82.0 Å². The molecule has 0 amide bonds. The molecule has 0 unspecified atom stereocenters. The first-order valence-corrected chi connectivity index (χ1v) is 11.8. The molecule has 0 radical (unpaired) electrons. The Morgan fingerprint density at radius 2 is 1.94 bits per heavy atom. The van der Waals surface area contributed by atoms with Crippen molar-refractivity contribution in [3.63, 3.8) is 0 Å². The fourth-order valence-corrected chi connectivity index (χ4v) is 5.41. The van der Waals surface area contributed by atoms with Gasteiger partial charge in [0.05, 0.1) is 29.6 Å². The maximum absolute atomic E-state index is 12.6. The van der Waals surface area contributed by atoms with E-state index in [4.69, 9.17) is 14.5 Å². The van der Waals surface area contributed by atoms with Crippen molar-refractivity contribution in [3.05, 3.63) is 65.1 Å². The third kappa shape index (κ3) is 3.56. The summed E-state index contributed by atoms with van der Waals surface area (Å²) in [5, 5.41) is 6.11. The SMILES string of the molecule is COc1ccc(-c2cc(=O)[nH]c3c2cnn3-c2nc3ccccc3s2)cc1OC1CCCC1. The van der Waals surface area contributed by atoms with Crippen LogP contribution >= 0.6 is 11.3 Å². The summed E-state index contributed by atoms with van der Waals surface area (Å²) in [5.41, 5.74) is 2.99. The number of nitrogens with one attached hydrogen (secondary N) is 1. The summed E-state index contributed by atoms with van der Waals surface area (Å²) in [5.74, 6) is 1.39. The van der Waals surface area contributed by atoms with Crippen LogP contribution in [0.4, 0.5) is 0 Å². The van der Waals surface area contributed by atoms with Gasteiger partial charge in [0.25, 0.3) is 0 Å². The lowest BCUT2D eigenvalue weighted by Gasteiger charge is -2.17. The molecule has 3 aromatic heterocycles. The van der Waals surface area contributed by atoms with Crippen LogP contribution in [0.3, 0.4) is 0 Å². The second-order valence-electron chi connectivity index (χ2n) is 8.22. The largest absolute Gasteiger partial charge is 0.493 e. The number of aromatic amines is 1. The second-order valence-corrected chi connectivity index (χ2v) is 9.23. The molecule has 166 valence electrons. The van der Waals surface area contributed by atoms with Gasteiger partial charge in [-0.3, -0.25) is 4.79 Å². The number of nitrogens with zero attached hydrogens (tertiary/aromatic N) is 3. The Hall–Kier alpha value is -3.65. The molecule has 5 aromatic rings. The molecule has 2 aromatic carbocycles. The van der Waals surface area contributed by atoms with E-state index < -0.39 is 0 Å². The molecule has 7 nitrogen and oxygen atoms in total. The lowest BCUT2D eigenvalue weighted by Crippen LogP contribution is -2.11. The molecule has 0 saturated heterocycles. The number of rotatable bonds is 5. The van der Waals surface area contributed by atoms with E-state index in [1.165, 1.54) is 24.2 Å². The number of hydrogen-bond acceptors (Lipinski definition) is 6. The predicted molar refractivity (Wildman–Crippen MR) is 130 cm³/mol. The lowest BCUT2D eigenvalue weighted by molar-refractivity contribution is 0.201. The van der Waals surface area contributed by atoms with Crippen LogP contribution in [0.1, 0.15) is 25.7 Å². The first kappa shape index (κ1) is 20.0. The van der Waals surface area contributed by atoms with Crippen LogP contribution < -0.4 is 15.0 Å². The van der Waals surface area contributed by atoms with Crippen molar-refractivity contribution in [2.45, 2.75) is 31.8 Å². The summed E-state index contributed by atoms with van der Waals surface area (Å²) in [6.07, 6.45) is 6.46. The third-order valence-electron chi connectivity index (χ3n) is 6.11. The van der Waals surface area contributed by atoms with Gasteiger partial charge in [0, 0.05) is 11.5 Å². The first-order chi connectivity index (χ1) is 16.2. The summed E-state index contributed by atoms with van der Waals surface area (Å²) in [4.78, 5) is 20.3. The monoisotopic (exact) mass is 458 g/mol. The van der Waals surface area contributed by atoms with Gasteiger partial charge in [-0.15, -0.1) is 0 Å². The van der Waals surface area contributed by atoms with Crippen molar-refractivity contribution in [2.75, 3.05) is 7.11 Å². The highest BCUT2D eigenvalue weighted by molar-refractivity contribution is 7.20. The van der Waals surface area contributed by atoms with E-state index in [0.29, 0.717) is 22.3 Å². The minimum Gasteiger partial charge on any atom is -0.493 e. The molecule has 0 spiro atoms. The highest BCUT2D eigenvalue weighted by atomic mass is 32.1. The molecule has 3 heterocycles. The first-order valence-electron chi connectivity index (χ1n) is 11.0. The van der Waals surface area contributed by atoms with Gasteiger partial charge < -0.3 is 14.5 Å². The van der Waals surface area contributed by atoms with Gasteiger partial charge in [0.2, 0.25) is 10.7 Å². The van der Waals surface area contributed by atoms with Gasteiger partial charge in [-0.05, 0) is 61.1 Å². The Balaban J connectivity index is 1.47. The highest BCUT2D eigenvalue weighted by Gasteiger charge is 2.20. The Morgan fingerprint density at radius 1 is 1.09 bits per heavy atom. The Kier molecular flexibility index (Phi) is 4.87. The normalized spacial score (nSPS) is 14.3. The third-order valence-corrected chi connectivity index (χ3v) is 7.12. The minimum atomic E-state index is -0.200. The molecule has 1 saturated carbocycles. The number of ether oxygens (including phenoxy) is 2. The fraction of sp³-hybridized carbons (Fsp3) is 0.240. The zero-order valence-corrected chi connectivity index (χ0v) is 18.9. The molecule has 0 bridgehead atoms. The number of methoxy groups -OCH3 is 1. The number of pyridine rings is 1. The van der Waals surface area contributed by atoms with Crippen LogP contribution in [0, 0.1) is 0 Å². The lowest BCUT2D eigenvalue weighted by atomic mass is 10.0. The summed E-state index contributed by atoms with van der Waals surface area (Å²) in [6, 6.07) is 15.3. The molecule has 1 aliphatic rings. The maximum Gasteiger partial charge on any atom is 0.250 e. The van der Waals surface area contributed by atoms with Crippen molar-refractivity contribution in [2.24, 2.45) is 0 Å². The molecule has 33 heavy (non-hydrogen) atoms. The van der Waals surface area contributed by atoms with E-state index >= 15 is 0 Å². The van der Waals surface area contributed by atoms with E-state index in [2.05, 4.69) is 10.1 Å². The van der Waals surface area contributed by atoms with Crippen molar-refractivity contribution in [1.29, 1.82) is 0 Å². The smallest absolute Gasteiger partial charge is 0.250 e. The predicted octanol–water partition coefficient (Wildman–Crippen LogP) is 5.32. The van der Waals surface area contributed by atoms with E-state index in [1.807, 2.05) is 42.5 Å². The average molecular weight is 459 g/mol. The van der Waals surface area contributed by atoms with Crippen LogP contribution in [0.2, 0.25) is 0 Å². The van der Waals surface area contributed by atoms with Gasteiger partial charge in [-0.25, -0.2) is 4.98 Å². The number of para-hydroxylation sites is 1. The van der Waals surface area contributed by atoms with Gasteiger partial charge >= 0.3 is 0 Å². The summed E-state index contributed by atoms with van der Waals surface area (Å²) < 4.78 is 14.6. The van der Waals surface area contributed by atoms with Crippen LogP contribution in [0.5, 0.6) is 11.5 Å². The van der Waals surface area contributed by atoms with Crippen LogP contribution in [-0.4, -0.2) is 33.0 Å². The maximum atomic E-state index is 12.6. The standard InChI is InChI=1S/C25H22N4O3S/c1-31-20-11-10-15(12-21(20)32-16-6-2-3-7-16)17-13-23(30)28-24-18(17)14-26-29(24)25-27-19-8-4-5-9-22(19)33-25/h4-5,8-14,16H,2-3,6-7H2,1H3,(H,28,30). The number of H-pyrrole nitrogens is 1. The Labute approximate surface area is 193 Å². The molecular weight excluding hydrogens is 436 g/mol. The van der Waals surface area contributed by atoms with Crippen LogP contribution in [0.15, 0.2) is 59.5 Å². The van der Waals surface area contributed by atoms with Gasteiger partial charge in [0.15, 0.2) is 11.5 Å². The number of thiazole rings is 1. The quantitative estimate of drug-likeness (QED) is 0.385.